The second kappa shape index (κ2) is 6.78. The first-order chi connectivity index (χ1) is 12.6. The number of aromatic nitrogens is 2. The fourth-order valence-electron chi connectivity index (χ4n) is 3.65. The molecule has 0 bridgehead atoms. The molecule has 3 aromatic rings. The highest BCUT2D eigenvalue weighted by Crippen LogP contribution is 2.23. The number of fused-ring (bicyclic) bond motifs is 1. The number of aromatic amines is 1. The number of hydrogen-bond acceptors (Lipinski definition) is 4. The largest absolute Gasteiger partial charge is 0.451 e. The third kappa shape index (κ3) is 3.14. The second-order valence-corrected chi connectivity index (χ2v) is 6.97. The molecule has 3 heterocycles. The summed E-state index contributed by atoms with van der Waals surface area (Å²) in [6.45, 7) is 3.38. The molecule has 1 amide bonds. The number of likely N-dealkylation sites (tertiary alicyclic amines) is 1. The van der Waals surface area contributed by atoms with Gasteiger partial charge in [0.05, 0.1) is 11.6 Å². The number of nitrogens with zero attached hydrogens (tertiary/aromatic N) is 2. The van der Waals surface area contributed by atoms with E-state index in [1.807, 2.05) is 13.1 Å². The predicted molar refractivity (Wildman–Crippen MR) is 98.1 cm³/mol. The van der Waals surface area contributed by atoms with Gasteiger partial charge < -0.3 is 9.32 Å². The van der Waals surface area contributed by atoms with Crippen LogP contribution >= 0.6 is 0 Å². The fourth-order valence-corrected chi connectivity index (χ4v) is 3.65. The van der Waals surface area contributed by atoms with Crippen molar-refractivity contribution in [1.29, 1.82) is 0 Å². The van der Waals surface area contributed by atoms with Crippen molar-refractivity contribution in [2.24, 2.45) is 5.92 Å². The summed E-state index contributed by atoms with van der Waals surface area (Å²) >= 11 is 0. The second-order valence-electron chi connectivity index (χ2n) is 6.97. The van der Waals surface area contributed by atoms with Gasteiger partial charge in [-0.1, -0.05) is 12.1 Å². The molecule has 4 rings (SSSR count). The Morgan fingerprint density at radius 3 is 3.04 bits per heavy atom. The van der Waals surface area contributed by atoms with Gasteiger partial charge in [-0.15, -0.1) is 0 Å². The molecular weight excluding hydrogens is 330 g/mol. The molecule has 134 valence electrons. The topological polar surface area (TPSA) is 79.2 Å². The number of H-pyrrole nitrogens is 1. The average molecular weight is 351 g/mol. The SMILES string of the molecule is Cc1cn[nH]c1C[C@@H]1CCCN(C(=O)c2cc(=O)c3ccccc3o2)C1. The molecular formula is C20H21N3O3. The van der Waals surface area contributed by atoms with Gasteiger partial charge in [0.2, 0.25) is 0 Å². The van der Waals surface area contributed by atoms with Crippen LogP contribution in [0.4, 0.5) is 0 Å². The summed E-state index contributed by atoms with van der Waals surface area (Å²) in [5.74, 6) is 0.282. The third-order valence-corrected chi connectivity index (χ3v) is 5.08. The van der Waals surface area contributed by atoms with Crippen molar-refractivity contribution in [3.05, 3.63) is 63.8 Å². The van der Waals surface area contributed by atoms with Crippen molar-refractivity contribution in [3.8, 4) is 0 Å². The highest BCUT2D eigenvalue weighted by molar-refractivity contribution is 5.93. The highest BCUT2D eigenvalue weighted by Gasteiger charge is 2.27. The Hall–Kier alpha value is -2.89. The number of hydrogen-bond donors (Lipinski definition) is 1. The quantitative estimate of drug-likeness (QED) is 0.787. The Morgan fingerprint density at radius 1 is 1.38 bits per heavy atom. The Kier molecular flexibility index (Phi) is 4.32. The summed E-state index contributed by atoms with van der Waals surface area (Å²) in [5.41, 5.74) is 2.54. The fraction of sp³-hybridized carbons (Fsp3) is 0.350. The van der Waals surface area contributed by atoms with Crippen LogP contribution in [0.25, 0.3) is 11.0 Å². The standard InChI is InChI=1S/C20H21N3O3/c1-13-11-21-22-16(13)9-14-5-4-8-23(12-14)20(25)19-10-17(24)15-6-2-3-7-18(15)26-19/h2-3,6-7,10-11,14H,4-5,8-9,12H2,1H3,(H,21,22)/t14-/m0/s1. The van der Waals surface area contributed by atoms with Crippen LogP contribution in [-0.2, 0) is 6.42 Å². The molecule has 2 aromatic heterocycles. The number of aryl methyl sites for hydroxylation is 1. The molecule has 6 nitrogen and oxygen atoms in total. The molecule has 1 aliphatic rings. The molecule has 0 saturated carbocycles. The highest BCUT2D eigenvalue weighted by atomic mass is 16.3. The van der Waals surface area contributed by atoms with Crippen LogP contribution in [0.5, 0.6) is 0 Å². The predicted octanol–water partition coefficient (Wildman–Crippen LogP) is 2.92. The van der Waals surface area contributed by atoms with Crippen molar-refractivity contribution in [2.75, 3.05) is 13.1 Å². The summed E-state index contributed by atoms with van der Waals surface area (Å²) in [7, 11) is 0. The number of benzene rings is 1. The summed E-state index contributed by atoms with van der Waals surface area (Å²) in [4.78, 5) is 26.9. The Morgan fingerprint density at radius 2 is 2.23 bits per heavy atom. The smallest absolute Gasteiger partial charge is 0.289 e. The minimum atomic E-state index is -0.209. The summed E-state index contributed by atoms with van der Waals surface area (Å²) in [6.07, 6.45) is 4.72. The summed E-state index contributed by atoms with van der Waals surface area (Å²) < 4.78 is 5.71. The van der Waals surface area contributed by atoms with Crippen LogP contribution in [0.15, 0.2) is 45.7 Å². The number of carbonyl (C=O) groups excluding carboxylic acids is 1. The van der Waals surface area contributed by atoms with Crippen molar-refractivity contribution in [3.63, 3.8) is 0 Å². The molecule has 1 aliphatic heterocycles. The molecule has 0 spiro atoms. The minimum absolute atomic E-state index is 0.118. The van der Waals surface area contributed by atoms with Crippen LogP contribution in [0.2, 0.25) is 0 Å². The summed E-state index contributed by atoms with van der Waals surface area (Å²) in [6, 6.07) is 8.32. The van der Waals surface area contributed by atoms with E-state index in [4.69, 9.17) is 4.42 Å². The molecule has 1 atom stereocenters. The van der Waals surface area contributed by atoms with Gasteiger partial charge in [-0.25, -0.2) is 0 Å². The molecule has 0 radical (unpaired) electrons. The van der Waals surface area contributed by atoms with E-state index >= 15 is 0 Å². The monoisotopic (exact) mass is 351 g/mol. The van der Waals surface area contributed by atoms with E-state index in [0.717, 1.165) is 30.5 Å². The van der Waals surface area contributed by atoms with Gasteiger partial charge in [0.15, 0.2) is 11.2 Å². The van der Waals surface area contributed by atoms with Crippen molar-refractivity contribution in [2.45, 2.75) is 26.2 Å². The lowest BCUT2D eigenvalue weighted by Crippen LogP contribution is -2.40. The number of para-hydroxylation sites is 1. The number of nitrogens with one attached hydrogen (secondary N) is 1. The Labute approximate surface area is 150 Å². The molecule has 0 unspecified atom stereocenters. The zero-order valence-corrected chi connectivity index (χ0v) is 14.7. The first-order valence-corrected chi connectivity index (χ1v) is 8.93. The molecule has 1 N–H and O–H groups in total. The average Bonchev–Trinajstić information content (AvgIpc) is 3.06. The minimum Gasteiger partial charge on any atom is -0.451 e. The molecule has 26 heavy (non-hydrogen) atoms. The van der Waals surface area contributed by atoms with E-state index in [-0.39, 0.29) is 17.1 Å². The van der Waals surface area contributed by atoms with E-state index in [9.17, 15) is 9.59 Å². The van der Waals surface area contributed by atoms with Gasteiger partial charge >= 0.3 is 0 Å². The van der Waals surface area contributed by atoms with Gasteiger partial charge in [0.1, 0.15) is 5.58 Å². The van der Waals surface area contributed by atoms with Crippen LogP contribution < -0.4 is 5.43 Å². The van der Waals surface area contributed by atoms with Gasteiger partial charge in [-0.05, 0) is 49.8 Å². The van der Waals surface area contributed by atoms with Crippen LogP contribution in [0.3, 0.4) is 0 Å². The van der Waals surface area contributed by atoms with E-state index in [0.29, 0.717) is 30.0 Å². The lowest BCUT2D eigenvalue weighted by atomic mass is 9.92. The number of carbonyl (C=O) groups is 1. The lowest BCUT2D eigenvalue weighted by molar-refractivity contribution is 0.0641. The molecule has 6 heteroatoms. The van der Waals surface area contributed by atoms with Crippen LogP contribution in [0, 0.1) is 12.8 Å². The van der Waals surface area contributed by atoms with Crippen molar-refractivity contribution in [1.82, 2.24) is 15.1 Å². The lowest BCUT2D eigenvalue weighted by Gasteiger charge is -2.32. The molecule has 1 saturated heterocycles. The van der Waals surface area contributed by atoms with E-state index in [1.54, 1.807) is 29.2 Å². The zero-order valence-electron chi connectivity index (χ0n) is 14.7. The number of rotatable bonds is 3. The Balaban J connectivity index is 1.54. The normalized spacial score (nSPS) is 17.6. The van der Waals surface area contributed by atoms with Gasteiger partial charge in [0.25, 0.3) is 5.91 Å². The maximum absolute atomic E-state index is 12.9. The van der Waals surface area contributed by atoms with Gasteiger partial charge in [0, 0.05) is 24.8 Å². The first-order valence-electron chi connectivity index (χ1n) is 8.93. The maximum atomic E-state index is 12.9. The maximum Gasteiger partial charge on any atom is 0.289 e. The first kappa shape index (κ1) is 16.6. The number of piperidine rings is 1. The molecule has 0 aliphatic carbocycles. The Bertz CT molecular complexity index is 1000. The van der Waals surface area contributed by atoms with E-state index < -0.39 is 0 Å². The number of amides is 1. The third-order valence-electron chi connectivity index (χ3n) is 5.08. The van der Waals surface area contributed by atoms with E-state index in [1.165, 1.54) is 6.07 Å². The zero-order chi connectivity index (χ0) is 18.1. The molecule has 1 fully saturated rings. The van der Waals surface area contributed by atoms with Crippen molar-refractivity contribution >= 4 is 16.9 Å². The van der Waals surface area contributed by atoms with Crippen LogP contribution in [0.1, 0.15) is 34.7 Å². The van der Waals surface area contributed by atoms with Crippen LogP contribution in [-0.4, -0.2) is 34.1 Å². The van der Waals surface area contributed by atoms with E-state index in [2.05, 4.69) is 10.2 Å². The molecule has 1 aromatic carbocycles. The van der Waals surface area contributed by atoms with Gasteiger partial charge in [-0.2, -0.15) is 5.10 Å². The van der Waals surface area contributed by atoms with Crippen molar-refractivity contribution < 1.29 is 9.21 Å². The summed E-state index contributed by atoms with van der Waals surface area (Å²) in [5, 5.41) is 7.61. The van der Waals surface area contributed by atoms with Gasteiger partial charge in [-0.3, -0.25) is 14.7 Å².